The number of carbonyl (C=O) groups is 2. The second-order valence-electron chi connectivity index (χ2n) is 16.7. The zero-order chi connectivity index (χ0) is 49.6. The van der Waals surface area contributed by atoms with Crippen molar-refractivity contribution in [3.05, 3.63) is 119 Å². The molecule has 71 heavy (non-hydrogen) atoms. The van der Waals surface area contributed by atoms with E-state index in [0.717, 1.165) is 42.9 Å². The monoisotopic (exact) mass is 1020 g/mol. The van der Waals surface area contributed by atoms with Crippen LogP contribution in [0.4, 0.5) is 11.6 Å². The molecule has 0 bridgehead atoms. The molecular weight excluding hydrogens is 956 g/mol. The van der Waals surface area contributed by atoms with Crippen LogP contribution in [0.1, 0.15) is 81.8 Å². The highest BCUT2D eigenvalue weighted by Gasteiger charge is 2.32. The number of likely N-dealkylation sites (tertiary alicyclic amines) is 1. The topological polar surface area (TPSA) is 254 Å². The minimum Gasteiger partial charge on any atom is -0.493 e. The molecule has 6 heterocycles. The van der Waals surface area contributed by atoms with Crippen LogP contribution in [0.25, 0.3) is 0 Å². The summed E-state index contributed by atoms with van der Waals surface area (Å²) in [6.07, 6.45) is 5.02. The number of halogens is 2. The van der Waals surface area contributed by atoms with Gasteiger partial charge in [0.1, 0.15) is 23.1 Å². The predicted molar refractivity (Wildman–Crippen MR) is 273 cm³/mol. The molecule has 2 aliphatic rings. The second-order valence-corrected chi connectivity index (χ2v) is 16.7. The molecule has 2 aromatic carbocycles. The maximum absolute atomic E-state index is 13.3. The third-order valence-corrected chi connectivity index (χ3v) is 11.9. The largest absolute Gasteiger partial charge is 0.493 e. The molecule has 380 valence electrons. The number of hydrogen-bond acceptors (Lipinski definition) is 17. The summed E-state index contributed by atoms with van der Waals surface area (Å²) < 4.78 is 32.1. The van der Waals surface area contributed by atoms with Gasteiger partial charge in [0.2, 0.25) is 11.8 Å². The lowest BCUT2D eigenvalue weighted by molar-refractivity contribution is 0.0656. The molecule has 19 nitrogen and oxygen atoms in total. The number of aromatic nitrogens is 6. The van der Waals surface area contributed by atoms with E-state index in [4.69, 9.17) is 45.0 Å². The number of rotatable bonds is 12. The molecule has 8 rings (SSSR count). The lowest BCUT2D eigenvalue weighted by Crippen LogP contribution is -2.42. The normalized spacial score (nSPS) is 16.9. The van der Waals surface area contributed by atoms with Crippen molar-refractivity contribution in [3.8, 4) is 46.3 Å². The molecule has 2 saturated heterocycles. The van der Waals surface area contributed by atoms with Crippen molar-refractivity contribution < 1.29 is 43.1 Å². The van der Waals surface area contributed by atoms with E-state index in [1.807, 2.05) is 24.0 Å². The van der Waals surface area contributed by atoms with Gasteiger partial charge in [-0.05, 0) is 123 Å². The number of amides is 1. The Bertz CT molecular complexity index is 2690. The molecule has 4 aromatic heterocycles. The fourth-order valence-electron chi connectivity index (χ4n) is 8.22. The summed E-state index contributed by atoms with van der Waals surface area (Å²) in [5, 5.41) is 28.9. The first-order valence-corrected chi connectivity index (χ1v) is 22.4. The third-order valence-electron chi connectivity index (χ3n) is 11.9. The molecule has 6 N–H and O–H groups in total. The molecule has 0 spiro atoms. The standard InChI is InChI=1S/C25H29N5O4.C14H13NO5.C11H18N4.2ClH/c1-15-11-22(26)28-29-24(15)19-9-10-30(14-16(19)2)25(31)17-5-7-20(21(12-17)32-3)34-18-6-8-23(33-4)27-13-18;1-18-12-7-9(14(16)17)3-5-11(12)20-10-4-6-13(19-2)15-8-10;1-7-5-10(12)14-15-11(7)9-3-4-13-6-8(9)2;;/h5-8,11-13,16,19H,9-10,14H2,1-4H3,(H2,26,28);3-8H,1-2H3,(H,16,17);5,8-9,13H,3-4,6H2,1-2H3,(H2,12,14);2*1H/t16-,19+;;8-,9+;;/m0.0../s1. The fraction of sp³-hybridized carbons (Fsp3) is 0.360. The number of benzene rings is 2. The highest BCUT2D eigenvalue weighted by atomic mass is 35.5. The van der Waals surface area contributed by atoms with Gasteiger partial charge in [-0.1, -0.05) is 13.8 Å². The number of nitrogen functional groups attached to an aromatic ring is 2. The summed E-state index contributed by atoms with van der Waals surface area (Å²) in [5.74, 6) is 5.20. The van der Waals surface area contributed by atoms with Crippen LogP contribution in [0.5, 0.6) is 46.3 Å². The van der Waals surface area contributed by atoms with Crippen molar-refractivity contribution in [1.82, 2.24) is 40.6 Å². The summed E-state index contributed by atoms with van der Waals surface area (Å²) >= 11 is 0. The van der Waals surface area contributed by atoms with Crippen LogP contribution >= 0.6 is 24.8 Å². The van der Waals surface area contributed by atoms with Gasteiger partial charge < -0.3 is 55.2 Å². The Balaban J connectivity index is 0.000000251. The molecule has 1 amide bonds. The van der Waals surface area contributed by atoms with Gasteiger partial charge >= 0.3 is 5.97 Å². The van der Waals surface area contributed by atoms with E-state index < -0.39 is 5.97 Å². The number of carboxylic acids is 1. The first kappa shape index (κ1) is 56.4. The van der Waals surface area contributed by atoms with Gasteiger partial charge in [-0.15, -0.1) is 35.0 Å². The van der Waals surface area contributed by atoms with Crippen LogP contribution in [0.3, 0.4) is 0 Å². The number of piperidine rings is 2. The molecule has 0 radical (unpaired) electrons. The number of nitrogens with two attached hydrogens (primary N) is 2. The molecular formula is C50H62Cl2N10O9. The van der Waals surface area contributed by atoms with Gasteiger partial charge in [0.25, 0.3) is 5.91 Å². The Hall–Kier alpha value is -7.22. The minimum absolute atomic E-state index is 0. The maximum Gasteiger partial charge on any atom is 0.335 e. The zero-order valence-electron chi connectivity index (χ0n) is 40.9. The van der Waals surface area contributed by atoms with Crippen molar-refractivity contribution in [1.29, 1.82) is 0 Å². The van der Waals surface area contributed by atoms with Crippen LogP contribution < -0.4 is 45.2 Å². The average molecular weight is 1020 g/mol. The molecule has 4 atom stereocenters. The first-order chi connectivity index (χ1) is 33.2. The number of nitrogens with zero attached hydrogens (tertiary/aromatic N) is 7. The lowest BCUT2D eigenvalue weighted by Gasteiger charge is -2.37. The molecule has 0 unspecified atom stereocenters. The van der Waals surface area contributed by atoms with E-state index in [1.165, 1.54) is 44.2 Å². The number of aryl methyl sites for hydroxylation is 2. The van der Waals surface area contributed by atoms with E-state index in [9.17, 15) is 9.59 Å². The first-order valence-electron chi connectivity index (χ1n) is 22.4. The highest BCUT2D eigenvalue weighted by Crippen LogP contribution is 2.37. The summed E-state index contributed by atoms with van der Waals surface area (Å²) in [5.41, 5.74) is 16.3. The van der Waals surface area contributed by atoms with E-state index >= 15 is 0 Å². The molecule has 2 aliphatic heterocycles. The van der Waals surface area contributed by atoms with E-state index in [1.54, 1.807) is 62.9 Å². The molecule has 6 aromatic rings. The fourth-order valence-corrected chi connectivity index (χ4v) is 8.22. The van der Waals surface area contributed by atoms with Crippen molar-refractivity contribution in [2.45, 2.75) is 52.4 Å². The van der Waals surface area contributed by atoms with Crippen molar-refractivity contribution in [2.24, 2.45) is 11.8 Å². The van der Waals surface area contributed by atoms with Crippen molar-refractivity contribution in [3.63, 3.8) is 0 Å². The summed E-state index contributed by atoms with van der Waals surface area (Å²) in [6, 6.07) is 20.2. The summed E-state index contributed by atoms with van der Waals surface area (Å²) in [6.45, 7) is 11.9. The average Bonchev–Trinajstić information content (AvgIpc) is 3.35. The van der Waals surface area contributed by atoms with Crippen molar-refractivity contribution in [2.75, 3.05) is 66.1 Å². The number of anilines is 2. The van der Waals surface area contributed by atoms with Crippen LogP contribution in [-0.4, -0.2) is 107 Å². The quantitative estimate of drug-likeness (QED) is 0.0898. The molecule has 2 fully saturated rings. The number of methoxy groups -OCH3 is 4. The number of aromatic carboxylic acids is 1. The van der Waals surface area contributed by atoms with Crippen LogP contribution in [0, 0.1) is 25.7 Å². The van der Waals surface area contributed by atoms with E-state index in [2.05, 4.69) is 56.5 Å². The number of carbonyl (C=O) groups excluding carboxylic acids is 1. The Morgan fingerprint density at radius 1 is 0.634 bits per heavy atom. The number of nitrogens with one attached hydrogen (secondary N) is 1. The highest BCUT2D eigenvalue weighted by molar-refractivity contribution is 5.95. The Labute approximate surface area is 425 Å². The van der Waals surface area contributed by atoms with Crippen LogP contribution in [-0.2, 0) is 0 Å². The number of pyridine rings is 2. The summed E-state index contributed by atoms with van der Waals surface area (Å²) in [7, 11) is 6.07. The minimum atomic E-state index is -1.03. The van der Waals surface area contributed by atoms with Gasteiger partial charge in [-0.2, -0.15) is 10.2 Å². The Morgan fingerprint density at radius 2 is 1.13 bits per heavy atom. The van der Waals surface area contributed by atoms with Gasteiger partial charge in [-0.3, -0.25) is 4.79 Å². The van der Waals surface area contributed by atoms with E-state index in [-0.39, 0.29) is 48.1 Å². The second kappa shape index (κ2) is 26.7. The third kappa shape index (κ3) is 14.9. The van der Waals surface area contributed by atoms with Crippen LogP contribution in [0.2, 0.25) is 0 Å². The van der Waals surface area contributed by atoms with Gasteiger partial charge in [-0.25, -0.2) is 14.8 Å². The smallest absolute Gasteiger partial charge is 0.335 e. The van der Waals surface area contributed by atoms with Gasteiger partial charge in [0, 0.05) is 42.6 Å². The SMILES string of the molecule is COc1ccc(Oc2ccc(C(=O)N3CC[C@@H](c4nnc(N)cc4C)[C@@H](C)C3)cc2OC)cn1.COc1ccc(Oc2ccc(C(=O)O)cc2OC)cn1.Cc1cc(N)nnc1[C@@H]1CCNC[C@@H]1C.Cl.Cl. The van der Waals surface area contributed by atoms with Crippen LogP contribution in [0.15, 0.2) is 85.2 Å². The number of carboxylic acid groups (broad SMARTS) is 1. The maximum atomic E-state index is 13.3. The predicted octanol–water partition coefficient (Wildman–Crippen LogP) is 8.35. The number of ether oxygens (including phenoxy) is 6. The van der Waals surface area contributed by atoms with Crippen molar-refractivity contribution >= 4 is 48.3 Å². The van der Waals surface area contributed by atoms with Gasteiger partial charge in [0.05, 0.1) is 57.8 Å². The summed E-state index contributed by atoms with van der Waals surface area (Å²) in [4.78, 5) is 34.2. The zero-order valence-corrected chi connectivity index (χ0v) is 42.6. The molecule has 0 aliphatic carbocycles. The number of hydrogen-bond donors (Lipinski definition) is 4. The van der Waals surface area contributed by atoms with Gasteiger partial charge in [0.15, 0.2) is 23.0 Å². The Morgan fingerprint density at radius 3 is 1.55 bits per heavy atom. The van der Waals surface area contributed by atoms with E-state index in [0.29, 0.717) is 88.4 Å². The Kier molecular flexibility index (Phi) is 21.2. The molecule has 0 saturated carbocycles. The molecule has 21 heteroatoms. The lowest BCUT2D eigenvalue weighted by atomic mass is 9.82.